The third-order valence-corrected chi connectivity index (χ3v) is 4.28. The summed E-state index contributed by atoms with van der Waals surface area (Å²) in [6, 6.07) is 13.5. The summed E-state index contributed by atoms with van der Waals surface area (Å²) >= 11 is 3.30. The van der Waals surface area contributed by atoms with Crippen LogP contribution in [0.1, 0.15) is 15.9 Å². The molecule has 5 nitrogen and oxygen atoms in total. The number of hydrogen-bond donors (Lipinski definition) is 3. The Hall–Kier alpha value is -2.60. The number of carboxylic acid groups (broad SMARTS) is 1. The van der Waals surface area contributed by atoms with Crippen molar-refractivity contribution in [2.24, 2.45) is 0 Å². The fraction of sp³-hybridized carbons (Fsp3) is 0.111. The molecule has 1 atom stereocenters. The van der Waals surface area contributed by atoms with Crippen LogP contribution in [0.2, 0.25) is 0 Å². The number of carbonyl (C=O) groups is 2. The Bertz CT molecular complexity index is 904. The number of aliphatic carboxylic acids is 1. The van der Waals surface area contributed by atoms with Gasteiger partial charge in [0.05, 0.1) is 0 Å². The first-order chi connectivity index (χ1) is 11.5. The van der Waals surface area contributed by atoms with Crippen molar-refractivity contribution in [1.82, 2.24) is 10.3 Å². The minimum atomic E-state index is -1.07. The quantitative estimate of drug-likeness (QED) is 0.628. The molecule has 0 radical (unpaired) electrons. The van der Waals surface area contributed by atoms with E-state index >= 15 is 0 Å². The number of hydrogen-bond acceptors (Lipinski definition) is 2. The molecule has 1 heterocycles. The largest absolute Gasteiger partial charge is 0.480 e. The number of amides is 1. The molecular formula is C18H15BrN2O3. The molecule has 0 saturated heterocycles. The summed E-state index contributed by atoms with van der Waals surface area (Å²) in [5, 5.41) is 13.0. The first kappa shape index (κ1) is 16.3. The molecule has 3 N–H and O–H groups in total. The van der Waals surface area contributed by atoms with Gasteiger partial charge in [-0.3, -0.25) is 4.79 Å². The van der Waals surface area contributed by atoms with E-state index in [0.717, 1.165) is 20.9 Å². The van der Waals surface area contributed by atoms with Crippen LogP contribution >= 0.6 is 15.9 Å². The van der Waals surface area contributed by atoms with E-state index in [-0.39, 0.29) is 6.42 Å². The van der Waals surface area contributed by atoms with E-state index in [1.165, 1.54) is 0 Å². The van der Waals surface area contributed by atoms with Crippen molar-refractivity contribution in [2.45, 2.75) is 12.5 Å². The molecule has 0 unspecified atom stereocenters. The number of halogens is 1. The molecule has 2 aromatic carbocycles. The van der Waals surface area contributed by atoms with E-state index in [4.69, 9.17) is 0 Å². The summed E-state index contributed by atoms with van der Waals surface area (Å²) in [4.78, 5) is 27.0. The SMILES string of the molecule is O=C(N[C@H](Cc1c[nH]c2ccccc12)C(=O)O)c1cccc(Br)c1. The fourth-order valence-corrected chi connectivity index (χ4v) is 2.99. The molecule has 3 rings (SSSR count). The van der Waals surface area contributed by atoms with E-state index in [0.29, 0.717) is 5.56 Å². The molecule has 1 amide bonds. The maximum absolute atomic E-state index is 12.3. The first-order valence-corrected chi connectivity index (χ1v) is 8.18. The second-order valence-corrected chi connectivity index (χ2v) is 6.35. The van der Waals surface area contributed by atoms with Gasteiger partial charge in [-0.25, -0.2) is 4.79 Å². The minimum Gasteiger partial charge on any atom is -0.480 e. The molecule has 122 valence electrons. The van der Waals surface area contributed by atoms with Gasteiger partial charge in [-0.2, -0.15) is 0 Å². The highest BCUT2D eigenvalue weighted by Crippen LogP contribution is 2.19. The molecule has 0 saturated carbocycles. The van der Waals surface area contributed by atoms with Gasteiger partial charge in [0.25, 0.3) is 5.91 Å². The molecule has 24 heavy (non-hydrogen) atoms. The van der Waals surface area contributed by atoms with Gasteiger partial charge in [0.1, 0.15) is 6.04 Å². The summed E-state index contributed by atoms with van der Waals surface area (Å²) in [6.07, 6.45) is 1.99. The lowest BCUT2D eigenvalue weighted by Gasteiger charge is -2.14. The van der Waals surface area contributed by atoms with Gasteiger partial charge in [0, 0.05) is 33.6 Å². The van der Waals surface area contributed by atoms with Crippen molar-refractivity contribution in [2.75, 3.05) is 0 Å². The Morgan fingerprint density at radius 3 is 2.71 bits per heavy atom. The summed E-state index contributed by atoms with van der Waals surface area (Å²) < 4.78 is 0.763. The zero-order valence-electron chi connectivity index (χ0n) is 12.6. The lowest BCUT2D eigenvalue weighted by Crippen LogP contribution is -2.42. The lowest BCUT2D eigenvalue weighted by atomic mass is 10.0. The van der Waals surface area contributed by atoms with Crippen LogP contribution in [0.4, 0.5) is 0 Å². The molecule has 0 aliphatic carbocycles. The molecule has 6 heteroatoms. The lowest BCUT2D eigenvalue weighted by molar-refractivity contribution is -0.139. The summed E-state index contributed by atoms with van der Waals surface area (Å²) in [5.41, 5.74) is 2.21. The standard InChI is InChI=1S/C18H15BrN2O3/c19-13-5-3-4-11(8-13)17(22)21-16(18(23)24)9-12-10-20-15-7-2-1-6-14(12)15/h1-8,10,16,20H,9H2,(H,21,22)(H,23,24)/t16-/m1/s1. The van der Waals surface area contributed by atoms with Gasteiger partial charge in [-0.1, -0.05) is 40.2 Å². The van der Waals surface area contributed by atoms with Crippen LogP contribution < -0.4 is 5.32 Å². The highest BCUT2D eigenvalue weighted by atomic mass is 79.9. The Labute approximate surface area is 146 Å². The first-order valence-electron chi connectivity index (χ1n) is 7.39. The van der Waals surface area contributed by atoms with Gasteiger partial charge < -0.3 is 15.4 Å². The molecule has 0 fully saturated rings. The smallest absolute Gasteiger partial charge is 0.326 e. The van der Waals surface area contributed by atoms with Crippen molar-refractivity contribution in [3.05, 3.63) is 70.3 Å². The number of H-pyrrole nitrogens is 1. The van der Waals surface area contributed by atoms with Crippen molar-refractivity contribution in [1.29, 1.82) is 0 Å². The summed E-state index contributed by atoms with van der Waals surface area (Å²) in [7, 11) is 0. The van der Waals surface area contributed by atoms with E-state index < -0.39 is 17.9 Å². The fourth-order valence-electron chi connectivity index (χ4n) is 2.59. The van der Waals surface area contributed by atoms with Gasteiger partial charge >= 0.3 is 5.97 Å². The molecule has 1 aromatic heterocycles. The van der Waals surface area contributed by atoms with Gasteiger partial charge in [0.15, 0.2) is 0 Å². The van der Waals surface area contributed by atoms with Crippen LogP contribution in [0.3, 0.4) is 0 Å². The third-order valence-electron chi connectivity index (χ3n) is 3.79. The van der Waals surface area contributed by atoms with Gasteiger partial charge in [-0.15, -0.1) is 0 Å². The zero-order chi connectivity index (χ0) is 17.1. The summed E-state index contributed by atoms with van der Waals surface area (Å²) in [5.74, 6) is -1.48. The number of para-hydroxylation sites is 1. The van der Waals surface area contributed by atoms with Crippen LogP contribution in [0.5, 0.6) is 0 Å². The topological polar surface area (TPSA) is 82.2 Å². The van der Waals surface area contributed by atoms with Gasteiger partial charge in [-0.05, 0) is 29.8 Å². The van der Waals surface area contributed by atoms with Crippen LogP contribution in [0, 0.1) is 0 Å². The number of rotatable bonds is 5. The van der Waals surface area contributed by atoms with Crippen molar-refractivity contribution in [3.8, 4) is 0 Å². The Kier molecular flexibility index (Phi) is 4.66. The summed E-state index contributed by atoms with van der Waals surface area (Å²) in [6.45, 7) is 0. The number of fused-ring (bicyclic) bond motifs is 1. The third kappa shape index (κ3) is 3.49. The minimum absolute atomic E-state index is 0.207. The Balaban J connectivity index is 1.80. The van der Waals surface area contributed by atoms with Crippen LogP contribution in [-0.4, -0.2) is 28.0 Å². The van der Waals surface area contributed by atoms with Gasteiger partial charge in [0.2, 0.25) is 0 Å². The Morgan fingerprint density at radius 2 is 1.96 bits per heavy atom. The zero-order valence-corrected chi connectivity index (χ0v) is 14.2. The highest BCUT2D eigenvalue weighted by molar-refractivity contribution is 9.10. The highest BCUT2D eigenvalue weighted by Gasteiger charge is 2.22. The molecular weight excluding hydrogens is 372 g/mol. The number of nitrogens with one attached hydrogen (secondary N) is 2. The number of aromatic nitrogens is 1. The Morgan fingerprint density at radius 1 is 1.17 bits per heavy atom. The normalized spacial score (nSPS) is 12.0. The van der Waals surface area contributed by atoms with Crippen LogP contribution in [0.25, 0.3) is 10.9 Å². The average Bonchev–Trinajstić information content (AvgIpc) is 2.97. The maximum Gasteiger partial charge on any atom is 0.326 e. The van der Waals surface area contributed by atoms with Crippen LogP contribution in [0.15, 0.2) is 59.2 Å². The number of carboxylic acids is 1. The number of carbonyl (C=O) groups excluding carboxylic acids is 1. The van der Waals surface area contributed by atoms with E-state index in [2.05, 4.69) is 26.2 Å². The second-order valence-electron chi connectivity index (χ2n) is 5.44. The van der Waals surface area contributed by atoms with E-state index in [1.54, 1.807) is 30.5 Å². The van der Waals surface area contributed by atoms with Crippen molar-refractivity contribution >= 4 is 38.7 Å². The molecule has 0 bridgehead atoms. The number of benzene rings is 2. The second kappa shape index (κ2) is 6.88. The van der Waals surface area contributed by atoms with Crippen LogP contribution in [-0.2, 0) is 11.2 Å². The van der Waals surface area contributed by atoms with E-state index in [9.17, 15) is 14.7 Å². The molecule has 0 aliphatic rings. The maximum atomic E-state index is 12.3. The predicted octanol–water partition coefficient (Wildman–Crippen LogP) is 3.36. The number of aromatic amines is 1. The molecule has 0 aliphatic heterocycles. The van der Waals surface area contributed by atoms with Crippen molar-refractivity contribution in [3.63, 3.8) is 0 Å². The van der Waals surface area contributed by atoms with E-state index in [1.807, 2.05) is 24.3 Å². The predicted molar refractivity (Wildman–Crippen MR) is 95.0 cm³/mol. The van der Waals surface area contributed by atoms with Crippen molar-refractivity contribution < 1.29 is 14.7 Å². The molecule has 3 aromatic rings. The monoisotopic (exact) mass is 386 g/mol. The molecule has 0 spiro atoms. The average molecular weight is 387 g/mol.